The Hall–Kier alpha value is -2.37. The lowest BCUT2D eigenvalue weighted by molar-refractivity contribution is 0.0649. The number of benzene rings is 1. The van der Waals surface area contributed by atoms with Crippen molar-refractivity contribution < 1.29 is 19.5 Å². The smallest absolute Gasteiger partial charge is 0.407 e. The van der Waals surface area contributed by atoms with Crippen LogP contribution in [-0.4, -0.2) is 53.0 Å². The quantitative estimate of drug-likeness (QED) is 0.655. The van der Waals surface area contributed by atoms with Crippen LogP contribution in [0.25, 0.3) is 0 Å². The number of hydrogen-bond acceptors (Lipinski definition) is 3. The van der Waals surface area contributed by atoms with E-state index in [0.717, 1.165) is 0 Å². The van der Waals surface area contributed by atoms with E-state index in [0.29, 0.717) is 37.1 Å². The number of amides is 3. The molecule has 2 rings (SSSR count). The highest BCUT2D eigenvalue weighted by atomic mass is 16.4. The first-order valence-electron chi connectivity index (χ1n) is 6.41. The number of hydrogen-bond donors (Lipinski definition) is 1. The van der Waals surface area contributed by atoms with Gasteiger partial charge in [0, 0.05) is 20.1 Å². The summed E-state index contributed by atoms with van der Waals surface area (Å²) in [5.41, 5.74) is 0.889. The van der Waals surface area contributed by atoms with E-state index in [1.807, 2.05) is 0 Å². The normalized spacial score (nSPS) is 13.6. The largest absolute Gasteiger partial charge is 0.465 e. The number of carbonyl (C=O) groups is 3. The Bertz CT molecular complexity index is 521. The van der Waals surface area contributed by atoms with Crippen molar-refractivity contribution in [2.24, 2.45) is 0 Å². The summed E-state index contributed by atoms with van der Waals surface area (Å²) < 4.78 is 0. The predicted octanol–water partition coefficient (Wildman–Crippen LogP) is 1.67. The van der Waals surface area contributed by atoms with E-state index in [-0.39, 0.29) is 11.8 Å². The SMILES string of the molecule is CN(CCCCN1C(=O)c2ccccc2C1=O)C(=O)O. The molecule has 0 aliphatic carbocycles. The molecule has 0 atom stereocenters. The molecular formula is C14H16N2O4. The maximum Gasteiger partial charge on any atom is 0.407 e. The van der Waals surface area contributed by atoms with Crippen LogP contribution in [0.4, 0.5) is 4.79 Å². The van der Waals surface area contributed by atoms with E-state index in [2.05, 4.69) is 0 Å². The zero-order valence-electron chi connectivity index (χ0n) is 11.2. The molecule has 1 heterocycles. The maximum absolute atomic E-state index is 12.0. The highest BCUT2D eigenvalue weighted by Gasteiger charge is 2.34. The second-order valence-electron chi connectivity index (χ2n) is 4.72. The molecule has 0 saturated heterocycles. The Morgan fingerprint density at radius 2 is 1.70 bits per heavy atom. The topological polar surface area (TPSA) is 77.9 Å². The molecule has 1 aliphatic heterocycles. The molecule has 1 aromatic carbocycles. The van der Waals surface area contributed by atoms with Gasteiger partial charge in [-0.25, -0.2) is 4.79 Å². The molecule has 3 amide bonds. The van der Waals surface area contributed by atoms with E-state index in [9.17, 15) is 14.4 Å². The number of imide groups is 1. The standard InChI is InChI=1S/C14H16N2O4/c1-15(14(19)20)8-4-5-9-16-12(17)10-6-2-3-7-11(10)13(16)18/h2-3,6-7H,4-5,8-9H2,1H3,(H,19,20). The van der Waals surface area contributed by atoms with Crippen LogP contribution in [0.15, 0.2) is 24.3 Å². The molecule has 0 spiro atoms. The number of fused-ring (bicyclic) bond motifs is 1. The number of carboxylic acid groups (broad SMARTS) is 1. The Balaban J connectivity index is 1.88. The van der Waals surface area contributed by atoms with Gasteiger partial charge in [0.2, 0.25) is 0 Å². The first-order valence-corrected chi connectivity index (χ1v) is 6.41. The third kappa shape index (κ3) is 2.64. The first-order chi connectivity index (χ1) is 9.52. The van der Waals surface area contributed by atoms with Crippen LogP contribution < -0.4 is 0 Å². The maximum atomic E-state index is 12.0. The molecule has 0 unspecified atom stereocenters. The van der Waals surface area contributed by atoms with Gasteiger partial charge in [-0.3, -0.25) is 14.5 Å². The Morgan fingerprint density at radius 3 is 2.20 bits per heavy atom. The van der Waals surface area contributed by atoms with Crippen LogP contribution in [0.1, 0.15) is 33.6 Å². The Labute approximate surface area is 116 Å². The van der Waals surface area contributed by atoms with Gasteiger partial charge in [-0.15, -0.1) is 0 Å². The third-order valence-electron chi connectivity index (χ3n) is 3.33. The summed E-state index contributed by atoms with van der Waals surface area (Å²) in [6.07, 6.45) is 0.213. The second kappa shape index (κ2) is 5.73. The van der Waals surface area contributed by atoms with Gasteiger partial charge >= 0.3 is 6.09 Å². The number of rotatable bonds is 5. The van der Waals surface area contributed by atoms with Crippen molar-refractivity contribution in [3.63, 3.8) is 0 Å². The molecular weight excluding hydrogens is 260 g/mol. The van der Waals surface area contributed by atoms with Gasteiger partial charge in [-0.1, -0.05) is 12.1 Å². The fraction of sp³-hybridized carbons (Fsp3) is 0.357. The minimum Gasteiger partial charge on any atom is -0.465 e. The zero-order valence-corrected chi connectivity index (χ0v) is 11.2. The first kappa shape index (κ1) is 14.0. The van der Waals surface area contributed by atoms with Crippen molar-refractivity contribution in [3.8, 4) is 0 Å². The van der Waals surface area contributed by atoms with E-state index < -0.39 is 6.09 Å². The third-order valence-corrected chi connectivity index (χ3v) is 3.33. The van der Waals surface area contributed by atoms with Gasteiger partial charge in [0.05, 0.1) is 11.1 Å². The summed E-state index contributed by atoms with van der Waals surface area (Å²) in [5.74, 6) is -0.533. The molecule has 6 heteroatoms. The lowest BCUT2D eigenvalue weighted by atomic mass is 10.1. The van der Waals surface area contributed by atoms with Gasteiger partial charge in [0.1, 0.15) is 0 Å². The predicted molar refractivity (Wildman–Crippen MR) is 71.7 cm³/mol. The Kier molecular flexibility index (Phi) is 4.02. The lowest BCUT2D eigenvalue weighted by Crippen LogP contribution is -2.31. The minimum atomic E-state index is -0.981. The van der Waals surface area contributed by atoms with Crippen molar-refractivity contribution in [2.75, 3.05) is 20.1 Å². The number of unbranched alkanes of at least 4 members (excludes halogenated alkanes) is 1. The molecule has 106 valence electrons. The van der Waals surface area contributed by atoms with Gasteiger partial charge in [-0.05, 0) is 25.0 Å². The van der Waals surface area contributed by atoms with Crippen molar-refractivity contribution in [2.45, 2.75) is 12.8 Å². The Morgan fingerprint density at radius 1 is 1.15 bits per heavy atom. The van der Waals surface area contributed by atoms with E-state index in [1.54, 1.807) is 24.3 Å². The van der Waals surface area contributed by atoms with Crippen LogP contribution in [0, 0.1) is 0 Å². The second-order valence-corrected chi connectivity index (χ2v) is 4.72. The lowest BCUT2D eigenvalue weighted by Gasteiger charge is -2.15. The highest BCUT2D eigenvalue weighted by molar-refractivity contribution is 6.21. The van der Waals surface area contributed by atoms with Crippen LogP contribution in [0.3, 0.4) is 0 Å². The summed E-state index contributed by atoms with van der Waals surface area (Å²) in [6, 6.07) is 6.76. The molecule has 0 saturated carbocycles. The molecule has 6 nitrogen and oxygen atoms in total. The van der Waals surface area contributed by atoms with Gasteiger partial charge < -0.3 is 10.0 Å². The van der Waals surface area contributed by atoms with E-state index in [1.165, 1.54) is 16.8 Å². The molecule has 0 aromatic heterocycles. The van der Waals surface area contributed by atoms with Crippen molar-refractivity contribution in [3.05, 3.63) is 35.4 Å². The summed E-state index contributed by atoms with van der Waals surface area (Å²) in [7, 11) is 1.49. The van der Waals surface area contributed by atoms with E-state index >= 15 is 0 Å². The molecule has 0 bridgehead atoms. The summed E-state index contributed by atoms with van der Waals surface area (Å²) >= 11 is 0. The van der Waals surface area contributed by atoms with Crippen LogP contribution in [0.2, 0.25) is 0 Å². The van der Waals surface area contributed by atoms with Crippen LogP contribution >= 0.6 is 0 Å². The summed E-state index contributed by atoms with van der Waals surface area (Å²) in [4.78, 5) is 37.1. The zero-order chi connectivity index (χ0) is 14.7. The summed E-state index contributed by atoms with van der Waals surface area (Å²) in [5, 5.41) is 8.70. The average Bonchev–Trinajstić information content (AvgIpc) is 2.68. The monoisotopic (exact) mass is 276 g/mol. The highest BCUT2D eigenvalue weighted by Crippen LogP contribution is 2.22. The van der Waals surface area contributed by atoms with Gasteiger partial charge in [-0.2, -0.15) is 0 Å². The van der Waals surface area contributed by atoms with E-state index in [4.69, 9.17) is 5.11 Å². The van der Waals surface area contributed by atoms with Crippen molar-refractivity contribution in [1.82, 2.24) is 9.80 Å². The summed E-state index contributed by atoms with van der Waals surface area (Å²) in [6.45, 7) is 0.707. The molecule has 1 N–H and O–H groups in total. The molecule has 1 aromatic rings. The van der Waals surface area contributed by atoms with Crippen molar-refractivity contribution in [1.29, 1.82) is 0 Å². The van der Waals surface area contributed by atoms with Crippen LogP contribution in [-0.2, 0) is 0 Å². The fourth-order valence-corrected chi connectivity index (χ4v) is 2.16. The van der Waals surface area contributed by atoms with Gasteiger partial charge in [0.25, 0.3) is 11.8 Å². The molecule has 1 aliphatic rings. The van der Waals surface area contributed by atoms with Crippen LogP contribution in [0.5, 0.6) is 0 Å². The molecule has 0 fully saturated rings. The number of carbonyl (C=O) groups excluding carboxylic acids is 2. The number of nitrogens with zero attached hydrogens (tertiary/aromatic N) is 2. The molecule has 20 heavy (non-hydrogen) atoms. The van der Waals surface area contributed by atoms with Gasteiger partial charge in [0.15, 0.2) is 0 Å². The fourth-order valence-electron chi connectivity index (χ4n) is 2.16. The molecule has 0 radical (unpaired) electrons. The average molecular weight is 276 g/mol. The van der Waals surface area contributed by atoms with Crippen molar-refractivity contribution >= 4 is 17.9 Å². The minimum absolute atomic E-state index is 0.266.